The van der Waals surface area contributed by atoms with E-state index in [0.29, 0.717) is 0 Å². The van der Waals surface area contributed by atoms with Gasteiger partial charge in [0.05, 0.1) is 0 Å². The van der Waals surface area contributed by atoms with Crippen LogP contribution in [0.5, 0.6) is 0 Å². The lowest BCUT2D eigenvalue weighted by Crippen LogP contribution is -2.42. The van der Waals surface area contributed by atoms with E-state index >= 15 is 0 Å². The number of halogens is 1. The third-order valence-electron chi connectivity index (χ3n) is 3.73. The van der Waals surface area contributed by atoms with Crippen molar-refractivity contribution in [1.29, 1.82) is 0 Å². The van der Waals surface area contributed by atoms with E-state index in [1.54, 1.807) is 0 Å². The molecule has 2 heterocycles. The Labute approximate surface area is 123 Å². The van der Waals surface area contributed by atoms with Crippen molar-refractivity contribution in [3.05, 3.63) is 22.4 Å². The second-order valence-corrected chi connectivity index (χ2v) is 6.21. The summed E-state index contributed by atoms with van der Waals surface area (Å²) in [6.45, 7) is 7.86. The molecule has 0 aromatic carbocycles. The maximum atomic E-state index is 12.7. The predicted molar refractivity (Wildman–Crippen MR) is 80.4 cm³/mol. The number of amides is 1. The van der Waals surface area contributed by atoms with Gasteiger partial charge in [-0.15, -0.1) is 0 Å². The molecule has 1 saturated heterocycles. The largest absolute Gasteiger partial charge is 0.343 e. The van der Waals surface area contributed by atoms with E-state index in [4.69, 9.17) is 0 Å². The van der Waals surface area contributed by atoms with Gasteiger partial charge in [0.2, 0.25) is 0 Å². The highest BCUT2D eigenvalue weighted by Crippen LogP contribution is 2.19. The van der Waals surface area contributed by atoms with Crippen molar-refractivity contribution < 1.29 is 4.79 Å². The van der Waals surface area contributed by atoms with Crippen LogP contribution >= 0.6 is 15.9 Å². The average Bonchev–Trinajstić information content (AvgIpc) is 2.66. The Morgan fingerprint density at radius 1 is 1.47 bits per heavy atom. The molecule has 0 N–H and O–H groups in total. The molecule has 0 saturated carbocycles. The van der Waals surface area contributed by atoms with Crippen molar-refractivity contribution in [2.45, 2.75) is 32.9 Å². The van der Waals surface area contributed by atoms with Crippen LogP contribution in [0, 0.1) is 0 Å². The Balaban J connectivity index is 2.22. The topological polar surface area (TPSA) is 28.5 Å². The minimum Gasteiger partial charge on any atom is -0.343 e. The second kappa shape index (κ2) is 6.09. The van der Waals surface area contributed by atoms with E-state index in [1.807, 2.05) is 21.7 Å². The molecular weight excluding hydrogens is 306 g/mol. The third-order valence-corrected chi connectivity index (χ3v) is 4.16. The molecule has 0 radical (unpaired) electrons. The second-order valence-electron chi connectivity index (χ2n) is 5.29. The average molecular weight is 328 g/mol. The van der Waals surface area contributed by atoms with Crippen molar-refractivity contribution in [1.82, 2.24) is 14.4 Å². The van der Waals surface area contributed by atoms with Gasteiger partial charge in [0, 0.05) is 36.3 Å². The van der Waals surface area contributed by atoms with Crippen molar-refractivity contribution in [2.24, 2.45) is 0 Å². The lowest BCUT2D eigenvalue weighted by Gasteiger charge is -2.28. The lowest BCUT2D eigenvalue weighted by atomic mass is 10.2. The zero-order valence-corrected chi connectivity index (χ0v) is 13.5. The molecule has 19 heavy (non-hydrogen) atoms. The van der Waals surface area contributed by atoms with Crippen LogP contribution in [0.1, 0.15) is 30.8 Å². The van der Waals surface area contributed by atoms with Crippen molar-refractivity contribution in [3.8, 4) is 0 Å². The summed E-state index contributed by atoms with van der Waals surface area (Å²) in [4.78, 5) is 17.0. The third kappa shape index (κ3) is 3.20. The van der Waals surface area contributed by atoms with E-state index in [1.165, 1.54) is 0 Å². The summed E-state index contributed by atoms with van der Waals surface area (Å²) >= 11 is 3.46. The monoisotopic (exact) mass is 327 g/mol. The van der Waals surface area contributed by atoms with E-state index in [9.17, 15) is 4.79 Å². The molecule has 0 bridgehead atoms. The maximum absolute atomic E-state index is 12.7. The first-order chi connectivity index (χ1) is 9.02. The Bertz CT molecular complexity index is 458. The van der Waals surface area contributed by atoms with E-state index in [-0.39, 0.29) is 11.9 Å². The van der Waals surface area contributed by atoms with Gasteiger partial charge in [0.25, 0.3) is 5.91 Å². The molecule has 1 amide bonds. The first-order valence-electron chi connectivity index (χ1n) is 6.88. The molecule has 5 heteroatoms. The molecule has 1 unspecified atom stereocenters. The fourth-order valence-corrected chi connectivity index (χ4v) is 3.20. The van der Waals surface area contributed by atoms with Gasteiger partial charge in [-0.2, -0.15) is 0 Å². The quantitative estimate of drug-likeness (QED) is 0.834. The summed E-state index contributed by atoms with van der Waals surface area (Å²) < 4.78 is 2.98. The molecule has 1 aromatic heterocycles. The van der Waals surface area contributed by atoms with Gasteiger partial charge < -0.3 is 14.4 Å². The van der Waals surface area contributed by atoms with Crippen LogP contribution in [0.4, 0.5) is 0 Å². The number of nitrogens with zero attached hydrogens (tertiary/aromatic N) is 3. The number of rotatable bonds is 2. The van der Waals surface area contributed by atoms with E-state index in [0.717, 1.165) is 42.8 Å². The van der Waals surface area contributed by atoms with Gasteiger partial charge in [0.1, 0.15) is 5.69 Å². The van der Waals surface area contributed by atoms with Gasteiger partial charge in [-0.25, -0.2) is 0 Å². The minimum absolute atomic E-state index is 0.148. The molecule has 1 fully saturated rings. The predicted octanol–water partition coefficient (Wildman–Crippen LogP) is 2.44. The van der Waals surface area contributed by atoms with Gasteiger partial charge in [-0.3, -0.25) is 4.79 Å². The fraction of sp³-hybridized carbons (Fsp3) is 0.643. The SMILES string of the molecule is CCn1cc(Br)cc1C(=O)N1CCCN(C)CC1C. The summed E-state index contributed by atoms with van der Waals surface area (Å²) in [6, 6.07) is 2.19. The smallest absolute Gasteiger partial charge is 0.270 e. The minimum atomic E-state index is 0.148. The van der Waals surface area contributed by atoms with Crippen molar-refractivity contribution in [3.63, 3.8) is 0 Å². The van der Waals surface area contributed by atoms with Crippen LogP contribution in [0.3, 0.4) is 0 Å². The first-order valence-corrected chi connectivity index (χ1v) is 7.67. The molecule has 1 aliphatic rings. The molecule has 1 atom stereocenters. The van der Waals surface area contributed by atoms with Gasteiger partial charge in [0.15, 0.2) is 0 Å². The van der Waals surface area contributed by atoms with E-state index in [2.05, 4.69) is 41.7 Å². The van der Waals surface area contributed by atoms with E-state index < -0.39 is 0 Å². The molecule has 1 aliphatic heterocycles. The molecule has 2 rings (SSSR count). The number of hydrogen-bond donors (Lipinski definition) is 0. The fourth-order valence-electron chi connectivity index (χ4n) is 2.74. The molecule has 0 aliphatic carbocycles. The Morgan fingerprint density at radius 3 is 2.89 bits per heavy atom. The molecule has 106 valence electrons. The molecular formula is C14H22BrN3O. The summed E-state index contributed by atoms with van der Waals surface area (Å²) in [5, 5.41) is 0. The van der Waals surface area contributed by atoms with Gasteiger partial charge >= 0.3 is 0 Å². The van der Waals surface area contributed by atoms with Crippen LogP contribution in [0.25, 0.3) is 0 Å². The number of carbonyl (C=O) groups is 1. The Morgan fingerprint density at radius 2 is 2.21 bits per heavy atom. The highest BCUT2D eigenvalue weighted by atomic mass is 79.9. The molecule has 0 spiro atoms. The van der Waals surface area contributed by atoms with Crippen LogP contribution in [0.15, 0.2) is 16.7 Å². The lowest BCUT2D eigenvalue weighted by molar-refractivity contribution is 0.0685. The maximum Gasteiger partial charge on any atom is 0.270 e. The highest BCUT2D eigenvalue weighted by Gasteiger charge is 2.26. The standard InChI is InChI=1S/C14H22BrN3O/c1-4-17-10-12(15)8-13(17)14(19)18-7-5-6-16(3)9-11(18)2/h8,10-11H,4-7,9H2,1-3H3. The first kappa shape index (κ1) is 14.6. The summed E-state index contributed by atoms with van der Waals surface area (Å²) in [5.74, 6) is 0.148. The number of aryl methyl sites for hydroxylation is 1. The number of likely N-dealkylation sites (N-methyl/N-ethyl adjacent to an activating group) is 1. The van der Waals surface area contributed by atoms with Crippen molar-refractivity contribution in [2.75, 3.05) is 26.7 Å². The highest BCUT2D eigenvalue weighted by molar-refractivity contribution is 9.10. The number of carbonyl (C=O) groups excluding carboxylic acids is 1. The Hall–Kier alpha value is -0.810. The molecule has 4 nitrogen and oxygen atoms in total. The Kier molecular flexibility index (Phi) is 4.68. The zero-order chi connectivity index (χ0) is 14.0. The normalized spacial score (nSPS) is 21.5. The van der Waals surface area contributed by atoms with Gasteiger partial charge in [-0.1, -0.05) is 0 Å². The number of aromatic nitrogens is 1. The summed E-state index contributed by atoms with van der Waals surface area (Å²) in [5.41, 5.74) is 0.783. The number of hydrogen-bond acceptors (Lipinski definition) is 2. The van der Waals surface area contributed by atoms with Gasteiger partial charge in [-0.05, 0) is 55.9 Å². The van der Waals surface area contributed by atoms with Crippen LogP contribution < -0.4 is 0 Å². The van der Waals surface area contributed by atoms with Crippen molar-refractivity contribution >= 4 is 21.8 Å². The van der Waals surface area contributed by atoms with Crippen LogP contribution in [-0.4, -0.2) is 53.0 Å². The van der Waals surface area contributed by atoms with Crippen LogP contribution in [-0.2, 0) is 6.54 Å². The molecule has 1 aromatic rings. The van der Waals surface area contributed by atoms with Crippen LogP contribution in [0.2, 0.25) is 0 Å². The zero-order valence-electron chi connectivity index (χ0n) is 11.9. The summed E-state index contributed by atoms with van der Waals surface area (Å²) in [7, 11) is 2.12. The summed E-state index contributed by atoms with van der Waals surface area (Å²) in [6.07, 6.45) is 3.02.